The van der Waals surface area contributed by atoms with Crippen LogP contribution in [0.4, 0.5) is 0 Å². The molecule has 0 unspecified atom stereocenters. The molecule has 0 saturated carbocycles. The van der Waals surface area contributed by atoms with E-state index in [1.54, 1.807) is 25.3 Å². The molecule has 1 atom stereocenters. The van der Waals surface area contributed by atoms with Crippen LogP contribution in [0.5, 0.6) is 5.75 Å². The molecule has 1 N–H and O–H groups in total. The Morgan fingerprint density at radius 2 is 1.89 bits per heavy atom. The van der Waals surface area contributed by atoms with Crippen molar-refractivity contribution in [3.63, 3.8) is 0 Å². The van der Waals surface area contributed by atoms with Crippen LogP contribution in [0.3, 0.4) is 0 Å². The molecule has 0 radical (unpaired) electrons. The summed E-state index contributed by atoms with van der Waals surface area (Å²) in [7, 11) is 1.57. The summed E-state index contributed by atoms with van der Waals surface area (Å²) in [5.41, 5.74) is 1.43. The number of hydrogen-bond donors (Lipinski definition) is 1. The van der Waals surface area contributed by atoms with Gasteiger partial charge in [0, 0.05) is 15.1 Å². The number of ether oxygens (including phenoxy) is 1. The first-order valence-electron chi connectivity index (χ1n) is 5.39. The molecule has 4 heteroatoms. The van der Waals surface area contributed by atoms with Crippen LogP contribution in [0.1, 0.15) is 17.2 Å². The molecule has 2 aromatic rings. The average Bonchev–Trinajstić information content (AvgIpc) is 2.38. The molecular weight excluding hydrogens is 316 g/mol. The van der Waals surface area contributed by atoms with Gasteiger partial charge >= 0.3 is 0 Å². The van der Waals surface area contributed by atoms with Crippen LogP contribution in [-0.2, 0) is 0 Å². The number of hydrogen-bond acceptors (Lipinski definition) is 2. The minimum absolute atomic E-state index is 0.567. The predicted octanol–water partition coefficient (Wildman–Crippen LogP) is 4.19. The van der Waals surface area contributed by atoms with Crippen molar-refractivity contribution in [3.05, 3.63) is 63.1 Å². The molecular formula is C14H12BrClO2. The lowest BCUT2D eigenvalue weighted by Gasteiger charge is -2.16. The third kappa shape index (κ3) is 2.69. The van der Waals surface area contributed by atoms with Gasteiger partial charge in [0.05, 0.1) is 7.11 Å². The molecule has 94 valence electrons. The number of aliphatic hydroxyl groups is 1. The van der Waals surface area contributed by atoms with E-state index in [-0.39, 0.29) is 0 Å². The normalized spacial score (nSPS) is 12.2. The lowest BCUT2D eigenvalue weighted by atomic mass is 10.0. The van der Waals surface area contributed by atoms with E-state index in [0.29, 0.717) is 16.3 Å². The van der Waals surface area contributed by atoms with Gasteiger partial charge in [-0.25, -0.2) is 0 Å². The van der Waals surface area contributed by atoms with E-state index in [9.17, 15) is 5.11 Å². The average molecular weight is 328 g/mol. The Balaban J connectivity index is 2.48. The molecule has 0 bridgehead atoms. The zero-order valence-electron chi connectivity index (χ0n) is 9.73. The van der Waals surface area contributed by atoms with Crippen molar-refractivity contribution >= 4 is 27.5 Å². The van der Waals surface area contributed by atoms with Crippen molar-refractivity contribution in [2.75, 3.05) is 7.11 Å². The van der Waals surface area contributed by atoms with Gasteiger partial charge in [-0.15, -0.1) is 0 Å². The van der Waals surface area contributed by atoms with Crippen molar-refractivity contribution in [1.82, 2.24) is 0 Å². The number of benzene rings is 2. The lowest BCUT2D eigenvalue weighted by molar-refractivity contribution is 0.214. The van der Waals surface area contributed by atoms with Crippen molar-refractivity contribution in [3.8, 4) is 5.75 Å². The number of methoxy groups -OCH3 is 1. The van der Waals surface area contributed by atoms with E-state index in [2.05, 4.69) is 15.9 Å². The Morgan fingerprint density at radius 3 is 2.56 bits per heavy atom. The van der Waals surface area contributed by atoms with Gasteiger partial charge in [-0.2, -0.15) is 0 Å². The molecule has 0 aromatic heterocycles. The Kier molecular flexibility index (Phi) is 4.27. The van der Waals surface area contributed by atoms with Gasteiger partial charge < -0.3 is 9.84 Å². The van der Waals surface area contributed by atoms with Gasteiger partial charge in [0.15, 0.2) is 0 Å². The summed E-state index contributed by atoms with van der Waals surface area (Å²) in [5, 5.41) is 11.0. The van der Waals surface area contributed by atoms with Gasteiger partial charge in [0.25, 0.3) is 0 Å². The Labute approximate surface area is 119 Å². The van der Waals surface area contributed by atoms with Crippen molar-refractivity contribution in [2.24, 2.45) is 0 Å². The first kappa shape index (κ1) is 13.4. The highest BCUT2D eigenvalue weighted by molar-refractivity contribution is 9.10. The molecule has 0 saturated heterocycles. The van der Waals surface area contributed by atoms with Crippen LogP contribution in [0.2, 0.25) is 5.02 Å². The molecule has 0 aliphatic heterocycles. The van der Waals surface area contributed by atoms with Crippen molar-refractivity contribution in [2.45, 2.75) is 6.10 Å². The fourth-order valence-corrected chi connectivity index (χ4v) is 2.47. The van der Waals surface area contributed by atoms with Crippen LogP contribution >= 0.6 is 27.5 Å². The standard InChI is InChI=1S/C14H12BrClO2/c1-18-13-7-6-9(16)8-11(13)14(17)10-4-2-3-5-12(10)15/h2-8,14,17H,1H3/t14-/m0/s1. The molecule has 18 heavy (non-hydrogen) atoms. The Bertz CT molecular complexity index is 557. The maximum Gasteiger partial charge on any atom is 0.125 e. The highest BCUT2D eigenvalue weighted by atomic mass is 79.9. The zero-order valence-corrected chi connectivity index (χ0v) is 12.1. The van der Waals surface area contributed by atoms with Crippen LogP contribution in [0.15, 0.2) is 46.9 Å². The second-order valence-corrected chi connectivity index (χ2v) is 5.10. The second-order valence-electron chi connectivity index (χ2n) is 3.81. The number of rotatable bonds is 3. The van der Waals surface area contributed by atoms with Crippen LogP contribution < -0.4 is 4.74 Å². The molecule has 0 spiro atoms. The molecule has 2 rings (SSSR count). The maximum absolute atomic E-state index is 10.4. The third-order valence-corrected chi connectivity index (χ3v) is 3.64. The van der Waals surface area contributed by atoms with E-state index >= 15 is 0 Å². The molecule has 0 amide bonds. The van der Waals surface area contributed by atoms with Gasteiger partial charge in [-0.1, -0.05) is 45.7 Å². The van der Waals surface area contributed by atoms with Crippen molar-refractivity contribution < 1.29 is 9.84 Å². The largest absolute Gasteiger partial charge is 0.496 e. The van der Waals surface area contributed by atoms with Crippen LogP contribution in [-0.4, -0.2) is 12.2 Å². The van der Waals surface area contributed by atoms with Gasteiger partial charge in [-0.3, -0.25) is 0 Å². The number of halogens is 2. The second kappa shape index (κ2) is 5.74. The Morgan fingerprint density at radius 1 is 1.17 bits per heavy atom. The minimum atomic E-state index is -0.783. The smallest absolute Gasteiger partial charge is 0.125 e. The SMILES string of the molecule is COc1ccc(Cl)cc1[C@@H](O)c1ccccc1Br. The summed E-state index contributed by atoms with van der Waals surface area (Å²) in [5.74, 6) is 0.614. The summed E-state index contributed by atoms with van der Waals surface area (Å²) in [6.45, 7) is 0. The topological polar surface area (TPSA) is 29.5 Å². The summed E-state index contributed by atoms with van der Waals surface area (Å²) in [4.78, 5) is 0. The van der Waals surface area contributed by atoms with Gasteiger partial charge in [0.2, 0.25) is 0 Å². The fourth-order valence-electron chi connectivity index (χ4n) is 1.78. The summed E-state index contributed by atoms with van der Waals surface area (Å²) in [6, 6.07) is 12.7. The fraction of sp³-hybridized carbons (Fsp3) is 0.143. The van der Waals surface area contributed by atoms with E-state index in [1.807, 2.05) is 24.3 Å². The summed E-state index contributed by atoms with van der Waals surface area (Å²) in [6.07, 6.45) is -0.783. The maximum atomic E-state index is 10.4. The third-order valence-electron chi connectivity index (χ3n) is 2.69. The highest BCUT2D eigenvalue weighted by Gasteiger charge is 2.17. The monoisotopic (exact) mass is 326 g/mol. The predicted molar refractivity (Wildman–Crippen MR) is 76.2 cm³/mol. The minimum Gasteiger partial charge on any atom is -0.496 e. The van der Waals surface area contributed by atoms with Crippen LogP contribution in [0, 0.1) is 0 Å². The van der Waals surface area contributed by atoms with Crippen LogP contribution in [0.25, 0.3) is 0 Å². The van der Waals surface area contributed by atoms with E-state index < -0.39 is 6.10 Å². The molecule has 2 aromatic carbocycles. The molecule has 0 fully saturated rings. The van der Waals surface area contributed by atoms with E-state index in [1.165, 1.54) is 0 Å². The quantitative estimate of drug-likeness (QED) is 0.916. The first-order chi connectivity index (χ1) is 8.63. The van der Waals surface area contributed by atoms with Gasteiger partial charge in [0.1, 0.15) is 11.9 Å². The molecule has 2 nitrogen and oxygen atoms in total. The summed E-state index contributed by atoms with van der Waals surface area (Å²) >= 11 is 9.39. The molecule has 0 heterocycles. The first-order valence-corrected chi connectivity index (χ1v) is 6.56. The van der Waals surface area contributed by atoms with Crippen molar-refractivity contribution in [1.29, 1.82) is 0 Å². The Hall–Kier alpha value is -1.03. The van der Waals surface area contributed by atoms with E-state index in [4.69, 9.17) is 16.3 Å². The molecule has 0 aliphatic carbocycles. The lowest BCUT2D eigenvalue weighted by Crippen LogP contribution is -2.03. The summed E-state index contributed by atoms with van der Waals surface area (Å²) < 4.78 is 6.10. The molecule has 0 aliphatic rings. The zero-order chi connectivity index (χ0) is 13.1. The highest BCUT2D eigenvalue weighted by Crippen LogP contribution is 2.34. The van der Waals surface area contributed by atoms with E-state index in [0.717, 1.165) is 10.0 Å². The number of aliphatic hydroxyl groups excluding tert-OH is 1. The van der Waals surface area contributed by atoms with Gasteiger partial charge in [-0.05, 0) is 29.8 Å².